The van der Waals surface area contributed by atoms with Crippen molar-refractivity contribution in [2.45, 2.75) is 119 Å². The third-order valence-electron chi connectivity index (χ3n) is 9.00. The number of carbonyl (C=O) groups is 3. The Morgan fingerprint density at radius 3 is 0.926 bits per heavy atom. The van der Waals surface area contributed by atoms with Crippen LogP contribution in [0.3, 0.4) is 0 Å². The maximum atomic E-state index is 13.5. The van der Waals surface area contributed by atoms with Crippen LogP contribution in [0.4, 0.5) is 14.4 Å². The Balaban J connectivity index is 1.32. The molecule has 0 aliphatic carbocycles. The van der Waals surface area contributed by atoms with E-state index in [4.69, 9.17) is 0 Å². The average molecular weight is 751 g/mol. The molecule has 0 aliphatic heterocycles. The molecule has 4 aromatic rings. The summed E-state index contributed by atoms with van der Waals surface area (Å²) >= 11 is 0. The van der Waals surface area contributed by atoms with Crippen molar-refractivity contribution in [2.24, 2.45) is 0 Å². The summed E-state index contributed by atoms with van der Waals surface area (Å²) in [6.07, 6.45) is 5.26. The van der Waals surface area contributed by atoms with E-state index in [0.29, 0.717) is 77.4 Å². The summed E-state index contributed by atoms with van der Waals surface area (Å²) in [6, 6.07) is 4.51. The Hall–Kier alpha value is -5.55. The predicted molar refractivity (Wildman–Crippen MR) is 202 cm³/mol. The van der Waals surface area contributed by atoms with Gasteiger partial charge in [0.2, 0.25) is 0 Å². The first-order valence-electron chi connectivity index (χ1n) is 18.7. The third kappa shape index (κ3) is 11.0. The summed E-state index contributed by atoms with van der Waals surface area (Å²) in [7, 11) is 0. The molecule has 0 spiro atoms. The van der Waals surface area contributed by atoms with Crippen molar-refractivity contribution in [1.29, 1.82) is 0 Å². The molecule has 3 N–H and O–H groups in total. The van der Waals surface area contributed by atoms with E-state index in [-0.39, 0.29) is 37.7 Å². The second kappa shape index (κ2) is 19.5. The van der Waals surface area contributed by atoms with Gasteiger partial charge in [0, 0.05) is 56.4 Å². The van der Waals surface area contributed by atoms with Crippen LogP contribution in [0.15, 0.2) is 32.6 Å². The number of hydrogen-bond acceptors (Lipinski definition) is 9. The molecule has 294 valence electrons. The van der Waals surface area contributed by atoms with Gasteiger partial charge in [0.15, 0.2) is 0 Å². The fourth-order valence-corrected chi connectivity index (χ4v) is 6.29. The highest BCUT2D eigenvalue weighted by molar-refractivity contribution is 5.77. The fourth-order valence-electron chi connectivity index (χ4n) is 6.29. The van der Waals surface area contributed by atoms with Gasteiger partial charge in [0.05, 0.1) is 17.1 Å². The molecule has 4 rings (SSSR count). The molecule has 0 saturated carbocycles. The van der Waals surface area contributed by atoms with Crippen molar-refractivity contribution in [3.8, 4) is 0 Å². The molecule has 0 bridgehead atoms. The number of amides is 3. The van der Waals surface area contributed by atoms with E-state index in [0.717, 1.165) is 47.9 Å². The Kier molecular flexibility index (Phi) is 14.9. The normalized spacial score (nSPS) is 11.2. The first-order valence-corrected chi connectivity index (χ1v) is 18.7. The van der Waals surface area contributed by atoms with Crippen LogP contribution < -0.4 is 33.0 Å². The van der Waals surface area contributed by atoms with Gasteiger partial charge in [-0.3, -0.25) is 0 Å². The van der Waals surface area contributed by atoms with E-state index >= 15 is 0 Å². The smallest absolute Gasteiger partial charge is 0.336 e. The minimum Gasteiger partial charge on any atom is -0.336 e. The van der Waals surface area contributed by atoms with Crippen molar-refractivity contribution < 1.29 is 14.4 Å². The van der Waals surface area contributed by atoms with Gasteiger partial charge in [-0.05, 0) is 118 Å². The monoisotopic (exact) mass is 750 g/mol. The zero-order valence-corrected chi connectivity index (χ0v) is 32.3. The molecule has 4 aromatic heterocycles. The molecule has 0 radical (unpaired) electrons. The number of nitrogens with one attached hydrogen (secondary N) is 3. The molecule has 54 heavy (non-hydrogen) atoms. The molecule has 0 atom stereocenters. The Labute approximate surface area is 313 Å². The lowest BCUT2D eigenvalue weighted by Crippen LogP contribution is -2.54. The quantitative estimate of drug-likeness (QED) is 0.128. The molecule has 0 unspecified atom stereocenters. The number of aryl methyl sites for hydroxylation is 6. The van der Waals surface area contributed by atoms with Gasteiger partial charge in [-0.15, -0.1) is 0 Å². The van der Waals surface area contributed by atoms with Crippen LogP contribution in [0.25, 0.3) is 0 Å². The van der Waals surface area contributed by atoms with E-state index < -0.39 is 17.1 Å². The van der Waals surface area contributed by atoms with Crippen LogP contribution in [0.1, 0.15) is 92.0 Å². The van der Waals surface area contributed by atoms with Gasteiger partial charge < -0.3 is 16.0 Å². The molecule has 0 aliphatic rings. The lowest BCUT2D eigenvalue weighted by molar-refractivity contribution is 0.238. The molecule has 0 saturated heterocycles. The molecule has 4 heterocycles. The standard InChI is InChI=1S/C36H54N12O6/c1-25-22-28(4)46(40-25)31(49)37-16-10-7-13-19-43-34(52)44(20-14-8-11-17-38-32(50)47-29(5)23-26(2)41-47)36(54)45(35(43)53)21-15-9-12-18-39-33(51)48-30(6)24-27(3)42-48/h22-24H,7-21H2,1-6H3,(H,37,49)(H,38,50)(H,39,51). The number of hydrogen-bond donors (Lipinski definition) is 3. The van der Waals surface area contributed by atoms with Crippen molar-refractivity contribution in [3.63, 3.8) is 0 Å². The predicted octanol–water partition coefficient (Wildman–Crippen LogP) is 2.90. The molecular weight excluding hydrogens is 696 g/mol. The van der Waals surface area contributed by atoms with Crippen LogP contribution in [0.5, 0.6) is 0 Å². The average Bonchev–Trinajstić information content (AvgIpc) is 3.78. The van der Waals surface area contributed by atoms with Crippen molar-refractivity contribution in [1.82, 2.24) is 59.0 Å². The summed E-state index contributed by atoms with van der Waals surface area (Å²) in [5.74, 6) is 0. The van der Waals surface area contributed by atoms with Crippen LogP contribution in [0.2, 0.25) is 0 Å². The van der Waals surface area contributed by atoms with E-state index in [1.165, 1.54) is 14.0 Å². The SMILES string of the molecule is Cc1cc(C)n(C(=O)NCCCCCn2c(=O)n(CCCCCNC(=O)n3nc(C)cc3C)c(=O)n(CCCCCNC(=O)n3nc(C)cc3C)c2=O)n1. The summed E-state index contributed by atoms with van der Waals surface area (Å²) < 4.78 is 7.33. The van der Waals surface area contributed by atoms with Gasteiger partial charge in [-0.1, -0.05) is 0 Å². The number of carbonyl (C=O) groups excluding carboxylic acids is 3. The molecule has 3 amide bonds. The highest BCUT2D eigenvalue weighted by atomic mass is 16.2. The second-order valence-electron chi connectivity index (χ2n) is 13.7. The van der Waals surface area contributed by atoms with Crippen LogP contribution >= 0.6 is 0 Å². The van der Waals surface area contributed by atoms with E-state index in [2.05, 4.69) is 31.2 Å². The highest BCUT2D eigenvalue weighted by Gasteiger charge is 2.16. The molecule has 18 heteroatoms. The number of aromatic nitrogens is 9. The fraction of sp³-hybridized carbons (Fsp3) is 0.583. The van der Waals surface area contributed by atoms with Crippen LogP contribution in [-0.4, -0.2) is 80.8 Å². The van der Waals surface area contributed by atoms with E-state index in [1.807, 2.05) is 39.0 Å². The van der Waals surface area contributed by atoms with Gasteiger partial charge in [-0.2, -0.15) is 29.3 Å². The molecular formula is C36H54N12O6. The minimum absolute atomic E-state index is 0.125. The zero-order valence-electron chi connectivity index (χ0n) is 32.3. The number of rotatable bonds is 18. The van der Waals surface area contributed by atoms with Crippen molar-refractivity contribution in [3.05, 3.63) is 83.8 Å². The zero-order chi connectivity index (χ0) is 39.4. The maximum absolute atomic E-state index is 13.5. The number of nitrogens with zero attached hydrogens (tertiary/aromatic N) is 9. The Bertz CT molecular complexity index is 1830. The Morgan fingerprint density at radius 1 is 0.444 bits per heavy atom. The third-order valence-corrected chi connectivity index (χ3v) is 9.00. The van der Waals surface area contributed by atoms with Crippen molar-refractivity contribution >= 4 is 18.1 Å². The van der Waals surface area contributed by atoms with Gasteiger partial charge in [0.25, 0.3) is 0 Å². The summed E-state index contributed by atoms with van der Waals surface area (Å²) in [5, 5.41) is 21.1. The van der Waals surface area contributed by atoms with E-state index in [1.54, 1.807) is 20.8 Å². The topological polar surface area (TPSA) is 207 Å². The summed E-state index contributed by atoms with van der Waals surface area (Å²) in [5.41, 5.74) is 2.51. The van der Waals surface area contributed by atoms with Crippen LogP contribution in [-0.2, 0) is 19.6 Å². The first kappa shape index (κ1) is 41.2. The van der Waals surface area contributed by atoms with E-state index in [9.17, 15) is 28.8 Å². The summed E-state index contributed by atoms with van der Waals surface area (Å²) in [6.45, 7) is 12.4. The molecule has 0 fully saturated rings. The highest BCUT2D eigenvalue weighted by Crippen LogP contribution is 2.05. The number of unbranched alkanes of at least 4 members (excludes halogenated alkanes) is 6. The maximum Gasteiger partial charge on any atom is 0.342 e. The second-order valence-corrected chi connectivity index (χ2v) is 13.7. The Morgan fingerprint density at radius 2 is 0.704 bits per heavy atom. The van der Waals surface area contributed by atoms with Crippen LogP contribution in [0, 0.1) is 41.5 Å². The lowest BCUT2D eigenvalue weighted by Gasteiger charge is -2.14. The summed E-state index contributed by atoms with van der Waals surface area (Å²) in [4.78, 5) is 77.9. The van der Waals surface area contributed by atoms with Gasteiger partial charge in [0.1, 0.15) is 0 Å². The van der Waals surface area contributed by atoms with Gasteiger partial charge in [-0.25, -0.2) is 42.5 Å². The lowest BCUT2D eigenvalue weighted by atomic mass is 10.2. The van der Waals surface area contributed by atoms with Crippen molar-refractivity contribution in [2.75, 3.05) is 19.6 Å². The minimum atomic E-state index is -0.649. The largest absolute Gasteiger partial charge is 0.342 e. The molecule has 18 nitrogen and oxygen atoms in total. The van der Waals surface area contributed by atoms with Gasteiger partial charge >= 0.3 is 35.2 Å². The molecule has 0 aromatic carbocycles. The first-order chi connectivity index (χ1) is 25.8.